The van der Waals surface area contributed by atoms with Crippen molar-refractivity contribution >= 4 is 16.6 Å². The van der Waals surface area contributed by atoms with Crippen molar-refractivity contribution in [1.29, 1.82) is 0 Å². The fourth-order valence-corrected chi connectivity index (χ4v) is 1.86. The zero-order chi connectivity index (χ0) is 15.1. The van der Waals surface area contributed by atoms with Gasteiger partial charge < -0.3 is 24.9 Å². The molecule has 2 aromatic rings. The van der Waals surface area contributed by atoms with Crippen molar-refractivity contribution in [3.63, 3.8) is 0 Å². The van der Waals surface area contributed by atoms with Gasteiger partial charge in [0.1, 0.15) is 12.4 Å². The predicted octanol–water partition coefficient (Wildman–Crippen LogP) is 0.937. The monoisotopic (exact) mass is 293 g/mol. The molecular formula is C14H19N3O4. The van der Waals surface area contributed by atoms with E-state index < -0.39 is 0 Å². The molecule has 0 aliphatic rings. The number of nitrogens with two attached hydrogens (primary N) is 1. The van der Waals surface area contributed by atoms with Crippen LogP contribution in [0.25, 0.3) is 10.9 Å². The number of hydrogen-bond donors (Lipinski definition) is 2. The lowest BCUT2D eigenvalue weighted by Crippen LogP contribution is -2.11. The van der Waals surface area contributed by atoms with Crippen LogP contribution in [0.15, 0.2) is 23.3 Å². The van der Waals surface area contributed by atoms with Crippen LogP contribution in [0.3, 0.4) is 0 Å². The Balaban J connectivity index is 1.90. The van der Waals surface area contributed by atoms with Crippen LogP contribution in [0.4, 0.5) is 5.69 Å². The number of aromatic nitrogens is 2. The quantitative estimate of drug-likeness (QED) is 0.555. The first-order valence-electron chi connectivity index (χ1n) is 6.69. The first-order valence-corrected chi connectivity index (χ1v) is 6.69. The van der Waals surface area contributed by atoms with Gasteiger partial charge in [0.2, 0.25) is 0 Å². The van der Waals surface area contributed by atoms with Crippen LogP contribution in [-0.4, -0.2) is 43.5 Å². The molecule has 7 nitrogen and oxygen atoms in total. The van der Waals surface area contributed by atoms with Crippen LogP contribution in [0.1, 0.15) is 6.42 Å². The molecule has 0 fully saturated rings. The van der Waals surface area contributed by atoms with Gasteiger partial charge in [0, 0.05) is 26.4 Å². The van der Waals surface area contributed by atoms with E-state index in [1.807, 2.05) is 0 Å². The molecular weight excluding hydrogens is 274 g/mol. The van der Waals surface area contributed by atoms with Crippen LogP contribution in [0.2, 0.25) is 0 Å². The lowest BCUT2D eigenvalue weighted by Gasteiger charge is -2.10. The maximum Gasteiger partial charge on any atom is 0.258 e. The number of anilines is 1. The van der Waals surface area contributed by atoms with E-state index in [2.05, 4.69) is 9.97 Å². The first kappa shape index (κ1) is 15.3. The molecule has 7 heteroatoms. The summed E-state index contributed by atoms with van der Waals surface area (Å²) in [6, 6.07) is 3.22. The summed E-state index contributed by atoms with van der Waals surface area (Å²) in [6.45, 7) is 2.15. The molecule has 0 radical (unpaired) electrons. The van der Waals surface area contributed by atoms with Gasteiger partial charge in [-0.3, -0.25) is 4.79 Å². The Morgan fingerprint density at radius 2 is 2.10 bits per heavy atom. The van der Waals surface area contributed by atoms with Crippen molar-refractivity contribution in [1.82, 2.24) is 9.97 Å². The number of H-pyrrole nitrogens is 1. The maximum atomic E-state index is 11.6. The zero-order valence-corrected chi connectivity index (χ0v) is 11.9. The molecule has 1 aromatic carbocycles. The van der Waals surface area contributed by atoms with Gasteiger partial charge in [-0.2, -0.15) is 0 Å². The standard InChI is InChI=1S/C14H19N3O4/c1-19-3-2-4-20-5-6-21-13-8-12-10(7-11(13)15)14(18)17-9-16-12/h7-9H,2-6,15H2,1H3,(H,16,17,18). The molecule has 2 rings (SSSR count). The molecule has 114 valence electrons. The molecule has 0 amide bonds. The number of nitrogens with zero attached hydrogens (tertiary/aromatic N) is 1. The fourth-order valence-electron chi connectivity index (χ4n) is 1.86. The van der Waals surface area contributed by atoms with Gasteiger partial charge in [-0.05, 0) is 12.5 Å². The van der Waals surface area contributed by atoms with Gasteiger partial charge >= 0.3 is 0 Å². The van der Waals surface area contributed by atoms with Crippen LogP contribution in [-0.2, 0) is 9.47 Å². The topological polar surface area (TPSA) is 99.5 Å². The van der Waals surface area contributed by atoms with Gasteiger partial charge in [0.15, 0.2) is 0 Å². The highest BCUT2D eigenvalue weighted by molar-refractivity contribution is 5.84. The summed E-state index contributed by atoms with van der Waals surface area (Å²) in [6.07, 6.45) is 2.20. The number of nitrogen functional groups attached to an aromatic ring is 1. The number of methoxy groups -OCH3 is 1. The van der Waals surface area contributed by atoms with E-state index in [0.717, 1.165) is 6.42 Å². The third kappa shape index (κ3) is 4.17. The Bertz CT molecular complexity index is 642. The number of benzene rings is 1. The van der Waals surface area contributed by atoms with E-state index >= 15 is 0 Å². The molecule has 0 spiro atoms. The van der Waals surface area contributed by atoms with Crippen LogP contribution < -0.4 is 16.0 Å². The minimum Gasteiger partial charge on any atom is -0.489 e. The molecule has 0 saturated carbocycles. The fraction of sp³-hybridized carbons (Fsp3) is 0.429. The summed E-state index contributed by atoms with van der Waals surface area (Å²) in [5.74, 6) is 0.501. The summed E-state index contributed by atoms with van der Waals surface area (Å²) in [7, 11) is 1.66. The molecule has 3 N–H and O–H groups in total. The number of rotatable bonds is 8. The number of aromatic amines is 1. The number of hydrogen-bond acceptors (Lipinski definition) is 6. The maximum absolute atomic E-state index is 11.6. The summed E-state index contributed by atoms with van der Waals surface area (Å²) in [5.41, 5.74) is 6.60. The van der Waals surface area contributed by atoms with E-state index in [-0.39, 0.29) is 5.56 Å². The van der Waals surface area contributed by atoms with Gasteiger partial charge in [0.05, 0.1) is 29.5 Å². The Labute approximate surface area is 122 Å². The zero-order valence-electron chi connectivity index (χ0n) is 11.9. The summed E-state index contributed by atoms with van der Waals surface area (Å²) >= 11 is 0. The van der Waals surface area contributed by atoms with Gasteiger partial charge in [-0.25, -0.2) is 4.98 Å². The lowest BCUT2D eigenvalue weighted by molar-refractivity contribution is 0.0808. The third-order valence-electron chi connectivity index (χ3n) is 2.89. The Kier molecular flexibility index (Phi) is 5.53. The Morgan fingerprint density at radius 1 is 1.24 bits per heavy atom. The highest BCUT2D eigenvalue weighted by atomic mass is 16.5. The van der Waals surface area contributed by atoms with Crippen molar-refractivity contribution in [2.45, 2.75) is 6.42 Å². The molecule has 0 aliphatic heterocycles. The minimum atomic E-state index is -0.222. The van der Waals surface area contributed by atoms with Crippen molar-refractivity contribution < 1.29 is 14.2 Å². The van der Waals surface area contributed by atoms with E-state index in [9.17, 15) is 4.79 Å². The molecule has 0 aliphatic carbocycles. The Hall–Kier alpha value is -2.12. The highest BCUT2D eigenvalue weighted by Gasteiger charge is 2.06. The van der Waals surface area contributed by atoms with E-state index in [0.29, 0.717) is 48.8 Å². The van der Waals surface area contributed by atoms with Crippen LogP contribution in [0, 0.1) is 0 Å². The highest BCUT2D eigenvalue weighted by Crippen LogP contribution is 2.25. The Morgan fingerprint density at radius 3 is 2.90 bits per heavy atom. The second kappa shape index (κ2) is 7.61. The summed E-state index contributed by atoms with van der Waals surface area (Å²) in [4.78, 5) is 18.2. The summed E-state index contributed by atoms with van der Waals surface area (Å²) < 4.78 is 15.9. The van der Waals surface area contributed by atoms with Crippen LogP contribution in [0.5, 0.6) is 5.75 Å². The molecule has 21 heavy (non-hydrogen) atoms. The van der Waals surface area contributed by atoms with E-state index in [1.165, 1.54) is 6.33 Å². The third-order valence-corrected chi connectivity index (χ3v) is 2.89. The normalized spacial score (nSPS) is 10.9. The predicted molar refractivity (Wildman–Crippen MR) is 79.6 cm³/mol. The van der Waals surface area contributed by atoms with E-state index in [4.69, 9.17) is 19.9 Å². The van der Waals surface area contributed by atoms with E-state index in [1.54, 1.807) is 19.2 Å². The molecule has 0 saturated heterocycles. The summed E-state index contributed by atoms with van der Waals surface area (Å²) in [5, 5.41) is 0.443. The van der Waals surface area contributed by atoms with Gasteiger partial charge in [-0.15, -0.1) is 0 Å². The average molecular weight is 293 g/mol. The number of ether oxygens (including phenoxy) is 3. The molecule has 0 bridgehead atoms. The largest absolute Gasteiger partial charge is 0.489 e. The first-order chi connectivity index (χ1) is 10.2. The van der Waals surface area contributed by atoms with Crippen molar-refractivity contribution in [3.8, 4) is 5.75 Å². The number of nitrogens with one attached hydrogen (secondary N) is 1. The SMILES string of the molecule is COCCCOCCOc1cc2nc[nH]c(=O)c2cc1N. The van der Waals surface area contributed by atoms with Gasteiger partial charge in [-0.1, -0.05) is 0 Å². The minimum absolute atomic E-state index is 0.222. The van der Waals surface area contributed by atoms with Gasteiger partial charge in [0.25, 0.3) is 5.56 Å². The average Bonchev–Trinajstić information content (AvgIpc) is 2.48. The molecule has 1 aromatic heterocycles. The van der Waals surface area contributed by atoms with Crippen molar-refractivity contribution in [2.24, 2.45) is 0 Å². The van der Waals surface area contributed by atoms with Crippen LogP contribution >= 0.6 is 0 Å². The second-order valence-electron chi connectivity index (χ2n) is 4.45. The molecule has 1 heterocycles. The van der Waals surface area contributed by atoms with Crippen molar-refractivity contribution in [2.75, 3.05) is 39.3 Å². The lowest BCUT2D eigenvalue weighted by atomic mass is 10.2. The molecule has 0 atom stereocenters. The second-order valence-corrected chi connectivity index (χ2v) is 4.45. The smallest absolute Gasteiger partial charge is 0.258 e. The van der Waals surface area contributed by atoms with Crippen molar-refractivity contribution in [3.05, 3.63) is 28.8 Å². The number of fused-ring (bicyclic) bond motifs is 1. The molecule has 0 unspecified atom stereocenters.